The Morgan fingerprint density at radius 3 is 2.38 bits per heavy atom. The third-order valence-corrected chi connectivity index (χ3v) is 4.43. The molecule has 0 unspecified atom stereocenters. The van der Waals surface area contributed by atoms with E-state index in [9.17, 15) is 9.90 Å². The van der Waals surface area contributed by atoms with Gasteiger partial charge in [-0.1, -0.05) is 13.8 Å². The van der Waals surface area contributed by atoms with Crippen molar-refractivity contribution in [2.45, 2.75) is 32.8 Å². The van der Waals surface area contributed by atoms with E-state index in [-0.39, 0.29) is 17.4 Å². The zero-order valence-electron chi connectivity index (χ0n) is 15.4. The highest BCUT2D eigenvalue weighted by Crippen LogP contribution is 2.21. The zero-order chi connectivity index (χ0) is 17.7. The number of aliphatic hydroxyl groups is 1. The Labute approximate surface area is 145 Å². The summed E-state index contributed by atoms with van der Waals surface area (Å²) in [5.41, 5.74) is 1.84. The fraction of sp³-hybridized carbons (Fsp3) is 0.632. The molecule has 0 spiro atoms. The lowest BCUT2D eigenvalue weighted by Crippen LogP contribution is -2.40. The van der Waals surface area contributed by atoms with Crippen LogP contribution in [-0.4, -0.2) is 62.3 Å². The van der Waals surface area contributed by atoms with E-state index in [2.05, 4.69) is 29.0 Å². The van der Waals surface area contributed by atoms with Gasteiger partial charge in [0.1, 0.15) is 0 Å². The van der Waals surface area contributed by atoms with E-state index in [0.717, 1.165) is 38.2 Å². The number of hydrogen-bond acceptors (Lipinski definition) is 4. The molecule has 1 amide bonds. The van der Waals surface area contributed by atoms with Crippen LogP contribution in [0.1, 0.15) is 37.0 Å². The van der Waals surface area contributed by atoms with Crippen LogP contribution in [0.15, 0.2) is 24.3 Å². The molecule has 0 atom stereocenters. The Bertz CT molecular complexity index is 532. The zero-order valence-corrected chi connectivity index (χ0v) is 15.4. The normalized spacial score (nSPS) is 16.5. The Balaban J connectivity index is 1.89. The molecule has 0 aromatic heterocycles. The number of anilines is 1. The van der Waals surface area contributed by atoms with Gasteiger partial charge in [0, 0.05) is 37.4 Å². The smallest absolute Gasteiger partial charge is 0.251 e. The molecule has 2 rings (SSSR count). The number of benzene rings is 1. The van der Waals surface area contributed by atoms with Gasteiger partial charge < -0.3 is 20.2 Å². The maximum Gasteiger partial charge on any atom is 0.251 e. The van der Waals surface area contributed by atoms with Gasteiger partial charge in [-0.2, -0.15) is 0 Å². The topological polar surface area (TPSA) is 55.8 Å². The molecule has 1 fully saturated rings. The third-order valence-electron chi connectivity index (χ3n) is 4.43. The summed E-state index contributed by atoms with van der Waals surface area (Å²) >= 11 is 0. The highest BCUT2D eigenvalue weighted by atomic mass is 16.3. The molecule has 0 saturated carbocycles. The van der Waals surface area contributed by atoms with Gasteiger partial charge in [-0.15, -0.1) is 0 Å². The predicted octanol–water partition coefficient (Wildman–Crippen LogP) is 1.97. The molecule has 0 aliphatic carbocycles. The fourth-order valence-corrected chi connectivity index (χ4v) is 3.28. The second-order valence-corrected chi connectivity index (χ2v) is 7.85. The Morgan fingerprint density at radius 1 is 1.25 bits per heavy atom. The van der Waals surface area contributed by atoms with Crippen molar-refractivity contribution in [2.75, 3.05) is 45.2 Å². The Morgan fingerprint density at radius 2 is 1.83 bits per heavy atom. The number of aliphatic hydroxyl groups excluding tert-OH is 1. The van der Waals surface area contributed by atoms with Crippen LogP contribution in [0.4, 0.5) is 5.69 Å². The highest BCUT2D eigenvalue weighted by Gasteiger charge is 2.21. The van der Waals surface area contributed by atoms with Gasteiger partial charge >= 0.3 is 0 Å². The van der Waals surface area contributed by atoms with E-state index in [0.29, 0.717) is 12.1 Å². The second-order valence-electron chi connectivity index (χ2n) is 7.85. The summed E-state index contributed by atoms with van der Waals surface area (Å²) in [6.45, 7) is 7.61. The number of rotatable bonds is 6. The molecule has 1 aromatic rings. The van der Waals surface area contributed by atoms with Crippen LogP contribution in [0.5, 0.6) is 0 Å². The largest absolute Gasteiger partial charge is 0.393 e. The minimum Gasteiger partial charge on any atom is -0.393 e. The van der Waals surface area contributed by atoms with Crippen molar-refractivity contribution >= 4 is 11.6 Å². The lowest BCUT2D eigenvalue weighted by Gasteiger charge is -2.31. The monoisotopic (exact) mass is 333 g/mol. The van der Waals surface area contributed by atoms with Crippen LogP contribution in [-0.2, 0) is 0 Å². The second kappa shape index (κ2) is 7.99. The number of hydrogen-bond donors (Lipinski definition) is 2. The van der Waals surface area contributed by atoms with Crippen LogP contribution in [0.2, 0.25) is 0 Å². The highest BCUT2D eigenvalue weighted by molar-refractivity contribution is 5.94. The molecular weight excluding hydrogens is 302 g/mol. The van der Waals surface area contributed by atoms with Crippen LogP contribution < -0.4 is 10.2 Å². The first-order valence-electron chi connectivity index (χ1n) is 8.73. The summed E-state index contributed by atoms with van der Waals surface area (Å²) in [5, 5.41) is 12.6. The molecule has 2 N–H and O–H groups in total. The van der Waals surface area contributed by atoms with Crippen molar-refractivity contribution in [3.05, 3.63) is 29.8 Å². The Kier molecular flexibility index (Phi) is 6.24. The van der Waals surface area contributed by atoms with Gasteiger partial charge in [0.25, 0.3) is 5.91 Å². The minimum absolute atomic E-state index is 0.0255. The first-order chi connectivity index (χ1) is 11.3. The standard InChI is InChI=1S/C19H31N3O2/c1-19(2,14-21(3)4)13-20-18(24)15-5-7-16(8-6-15)22-11-9-17(23)10-12-22/h5-8,17,23H,9-14H2,1-4H3,(H,20,24). The van der Waals surface area contributed by atoms with Crippen LogP contribution >= 0.6 is 0 Å². The number of carbonyl (C=O) groups excluding carboxylic acids is 1. The summed E-state index contributed by atoms with van der Waals surface area (Å²) in [4.78, 5) is 16.7. The average Bonchev–Trinajstić information content (AvgIpc) is 2.52. The van der Waals surface area contributed by atoms with E-state index >= 15 is 0 Å². The molecule has 0 radical (unpaired) electrons. The van der Waals surface area contributed by atoms with E-state index in [1.807, 2.05) is 38.4 Å². The molecular formula is C19H31N3O2. The van der Waals surface area contributed by atoms with Crippen LogP contribution in [0.25, 0.3) is 0 Å². The lowest BCUT2D eigenvalue weighted by molar-refractivity contribution is 0.0929. The minimum atomic E-state index is -0.170. The van der Waals surface area contributed by atoms with Gasteiger partial charge in [0.2, 0.25) is 0 Å². The lowest BCUT2D eigenvalue weighted by atomic mass is 9.93. The number of piperidine rings is 1. The van der Waals surface area contributed by atoms with Gasteiger partial charge in [0.15, 0.2) is 0 Å². The van der Waals surface area contributed by atoms with Gasteiger partial charge in [-0.05, 0) is 56.6 Å². The summed E-state index contributed by atoms with van der Waals surface area (Å²) in [7, 11) is 4.09. The molecule has 1 aliphatic heterocycles. The number of nitrogens with zero attached hydrogens (tertiary/aromatic N) is 2. The third kappa shape index (κ3) is 5.49. The molecule has 5 heteroatoms. The van der Waals surface area contributed by atoms with E-state index in [1.54, 1.807) is 0 Å². The van der Waals surface area contributed by atoms with Crippen LogP contribution in [0.3, 0.4) is 0 Å². The SMILES string of the molecule is CN(C)CC(C)(C)CNC(=O)c1ccc(N2CCC(O)CC2)cc1. The van der Waals surface area contributed by atoms with Crippen molar-refractivity contribution in [2.24, 2.45) is 5.41 Å². The molecule has 5 nitrogen and oxygen atoms in total. The average molecular weight is 333 g/mol. The summed E-state index contributed by atoms with van der Waals surface area (Å²) in [5.74, 6) is -0.0255. The molecule has 0 bridgehead atoms. The molecule has 134 valence electrons. The van der Waals surface area contributed by atoms with Gasteiger partial charge in [-0.25, -0.2) is 0 Å². The van der Waals surface area contributed by atoms with Gasteiger partial charge in [0.05, 0.1) is 6.10 Å². The van der Waals surface area contributed by atoms with Crippen LogP contribution in [0, 0.1) is 5.41 Å². The quantitative estimate of drug-likeness (QED) is 0.836. The fourth-order valence-electron chi connectivity index (χ4n) is 3.28. The van der Waals surface area contributed by atoms with Crippen molar-refractivity contribution in [1.29, 1.82) is 0 Å². The van der Waals surface area contributed by atoms with Crippen molar-refractivity contribution in [3.63, 3.8) is 0 Å². The van der Waals surface area contributed by atoms with E-state index in [1.165, 1.54) is 0 Å². The van der Waals surface area contributed by atoms with Crippen molar-refractivity contribution in [1.82, 2.24) is 10.2 Å². The molecule has 1 saturated heterocycles. The number of carbonyl (C=O) groups is 1. The molecule has 1 heterocycles. The number of nitrogens with one attached hydrogen (secondary N) is 1. The number of amides is 1. The summed E-state index contributed by atoms with van der Waals surface area (Å²) in [6.07, 6.45) is 1.45. The summed E-state index contributed by atoms with van der Waals surface area (Å²) in [6, 6.07) is 7.76. The van der Waals surface area contributed by atoms with Crippen molar-refractivity contribution in [3.8, 4) is 0 Å². The molecule has 1 aromatic carbocycles. The first-order valence-corrected chi connectivity index (χ1v) is 8.73. The van der Waals surface area contributed by atoms with E-state index < -0.39 is 0 Å². The predicted molar refractivity (Wildman–Crippen MR) is 98.6 cm³/mol. The summed E-state index contributed by atoms with van der Waals surface area (Å²) < 4.78 is 0. The first kappa shape index (κ1) is 18.7. The Hall–Kier alpha value is -1.59. The maximum atomic E-state index is 12.3. The molecule has 24 heavy (non-hydrogen) atoms. The molecule has 1 aliphatic rings. The van der Waals surface area contributed by atoms with Crippen molar-refractivity contribution < 1.29 is 9.90 Å². The maximum absolute atomic E-state index is 12.3. The van der Waals surface area contributed by atoms with Gasteiger partial charge in [-0.3, -0.25) is 4.79 Å². The van der Waals surface area contributed by atoms with E-state index in [4.69, 9.17) is 0 Å².